The van der Waals surface area contributed by atoms with Gasteiger partial charge < -0.3 is 19.8 Å². The molecule has 1 aromatic heterocycles. The highest BCUT2D eigenvalue weighted by molar-refractivity contribution is 5.87. The summed E-state index contributed by atoms with van der Waals surface area (Å²) in [5, 5.41) is 24.3. The van der Waals surface area contributed by atoms with Crippen LogP contribution in [-0.4, -0.2) is 69.3 Å². The predicted molar refractivity (Wildman–Crippen MR) is 137 cm³/mol. The maximum atomic E-state index is 17.1. The van der Waals surface area contributed by atoms with E-state index in [0.29, 0.717) is 31.3 Å². The Bertz CT molecular complexity index is 1320. The van der Waals surface area contributed by atoms with E-state index in [0.717, 1.165) is 23.6 Å². The van der Waals surface area contributed by atoms with Gasteiger partial charge in [-0.05, 0) is 98.3 Å². The molecule has 36 heavy (non-hydrogen) atoms. The van der Waals surface area contributed by atoms with Crippen molar-refractivity contribution >= 4 is 16.3 Å². The summed E-state index contributed by atoms with van der Waals surface area (Å²) in [6.45, 7) is 2.30. The molecule has 2 bridgehead atoms. The average molecular weight is 491 g/mol. The summed E-state index contributed by atoms with van der Waals surface area (Å²) >= 11 is 0. The topological polar surface area (TPSA) is 65.8 Å². The number of benzene rings is 1. The summed E-state index contributed by atoms with van der Waals surface area (Å²) in [5.41, 5.74) is -0.391. The van der Waals surface area contributed by atoms with E-state index < -0.39 is 29.1 Å². The summed E-state index contributed by atoms with van der Waals surface area (Å²) < 4.78 is 24.2. The quantitative estimate of drug-likeness (QED) is 0.610. The van der Waals surface area contributed by atoms with E-state index >= 15 is 4.39 Å². The molecule has 3 fully saturated rings. The Morgan fingerprint density at radius 3 is 2.72 bits per heavy atom. The van der Waals surface area contributed by atoms with Gasteiger partial charge in [0.2, 0.25) is 0 Å². The van der Waals surface area contributed by atoms with Gasteiger partial charge >= 0.3 is 0 Å². The van der Waals surface area contributed by atoms with Gasteiger partial charge in [-0.3, -0.25) is 4.98 Å². The number of aliphatic hydroxyl groups excluding tert-OH is 2. The zero-order valence-electron chi connectivity index (χ0n) is 21.2. The Balaban J connectivity index is 1.30. The van der Waals surface area contributed by atoms with E-state index in [-0.39, 0.29) is 17.4 Å². The number of fused-ring (bicyclic) bond motifs is 2. The van der Waals surface area contributed by atoms with Gasteiger partial charge in [-0.2, -0.15) is 0 Å². The largest absolute Gasteiger partial charge is 0.388 e. The number of hydrogen-bond acceptors (Lipinski definition) is 5. The molecule has 2 N–H and O–H groups in total. The molecule has 0 amide bonds. The van der Waals surface area contributed by atoms with Crippen LogP contribution in [0, 0.1) is 11.3 Å². The monoisotopic (exact) mass is 490 g/mol. The lowest BCUT2D eigenvalue weighted by Crippen LogP contribution is -2.68. The zero-order chi connectivity index (χ0) is 25.1. The number of alkyl halides is 1. The molecule has 2 aliphatic heterocycles. The minimum Gasteiger partial charge on any atom is -0.388 e. The van der Waals surface area contributed by atoms with Crippen LogP contribution < -0.4 is 0 Å². The molecule has 0 radical (unpaired) electrons. The fraction of sp³-hybridized carbons (Fsp3) is 0.567. The minimum atomic E-state index is -1.64. The van der Waals surface area contributed by atoms with Gasteiger partial charge in [-0.1, -0.05) is 25.1 Å². The minimum absolute atomic E-state index is 0.0193. The first-order chi connectivity index (χ1) is 17.1. The number of hydrogen-bond donors (Lipinski definition) is 2. The number of allylic oxidation sites excluding steroid dienone is 2. The van der Waals surface area contributed by atoms with Crippen molar-refractivity contribution in [2.45, 2.75) is 80.6 Å². The summed E-state index contributed by atoms with van der Waals surface area (Å²) in [5.74, 6) is 0.0193. The van der Waals surface area contributed by atoms with Gasteiger partial charge in [0.15, 0.2) is 5.67 Å². The molecule has 7 rings (SSSR count). The molecule has 2 saturated carbocycles. The smallest absolute Gasteiger partial charge is 0.158 e. The second kappa shape index (κ2) is 7.25. The number of pyridine rings is 1. The van der Waals surface area contributed by atoms with Gasteiger partial charge in [0, 0.05) is 29.7 Å². The lowest BCUT2D eigenvalue weighted by Gasteiger charge is -2.60. The Kier molecular flexibility index (Phi) is 4.64. The molecule has 2 spiro atoms. The van der Waals surface area contributed by atoms with E-state index in [1.165, 1.54) is 11.1 Å². The Morgan fingerprint density at radius 2 is 1.92 bits per heavy atom. The maximum absolute atomic E-state index is 17.1. The molecule has 2 aromatic rings. The van der Waals surface area contributed by atoms with Crippen LogP contribution in [0.25, 0.3) is 16.3 Å². The van der Waals surface area contributed by atoms with Crippen LogP contribution in [0.2, 0.25) is 0 Å². The zero-order valence-corrected chi connectivity index (χ0v) is 21.2. The van der Waals surface area contributed by atoms with Gasteiger partial charge in [-0.15, -0.1) is 0 Å². The molecule has 1 saturated heterocycles. The van der Waals surface area contributed by atoms with Gasteiger partial charge in [-0.25, -0.2) is 4.39 Å². The first kappa shape index (κ1) is 23.0. The number of likely N-dealkylation sites (N-methyl/N-ethyl adjacent to an activating group) is 1. The standard InChI is InChI=1S/C30H35FN2O3/c1-27-9-11-29(31)15-22-25(34)26(35)23(33(2)3)16-28(22)10-12-30(29,36-28)24(27)7-6-21(27)19-4-5-20-17-32-13-8-18(20)14-19/h4-6,8,13-15,17,23-26,34-35H,7,9-12,16H2,1-3H3/t23-,24?,25+,26+,27+,28+,29?,30-/m0/s1. The normalized spacial score (nSPS) is 45.2. The number of nitrogens with zero attached hydrogens (tertiary/aromatic N) is 2. The van der Waals surface area contributed by atoms with Crippen molar-refractivity contribution in [2.75, 3.05) is 14.1 Å². The van der Waals surface area contributed by atoms with Crippen LogP contribution >= 0.6 is 0 Å². The maximum Gasteiger partial charge on any atom is 0.158 e. The van der Waals surface area contributed by atoms with E-state index in [1.54, 1.807) is 6.08 Å². The lowest BCUT2D eigenvalue weighted by atomic mass is 9.53. The summed E-state index contributed by atoms with van der Waals surface area (Å²) in [4.78, 5) is 6.20. The number of aromatic nitrogens is 1. The fourth-order valence-electron chi connectivity index (χ4n) is 8.68. The van der Waals surface area contributed by atoms with E-state index in [2.05, 4.69) is 36.2 Å². The molecule has 3 heterocycles. The van der Waals surface area contributed by atoms with Crippen molar-refractivity contribution < 1.29 is 19.3 Å². The van der Waals surface area contributed by atoms with Gasteiger partial charge in [0.05, 0.1) is 11.7 Å². The number of rotatable bonds is 2. The van der Waals surface area contributed by atoms with Crippen LogP contribution in [0.3, 0.4) is 0 Å². The third-order valence-corrected chi connectivity index (χ3v) is 10.6. The second-order valence-electron chi connectivity index (χ2n) is 12.4. The Morgan fingerprint density at radius 1 is 1.08 bits per heavy atom. The summed E-state index contributed by atoms with van der Waals surface area (Å²) in [6.07, 6.45) is 9.43. The van der Waals surface area contributed by atoms with Crippen molar-refractivity contribution in [3.63, 3.8) is 0 Å². The molecular weight excluding hydrogens is 455 g/mol. The predicted octanol–water partition coefficient (Wildman–Crippen LogP) is 4.43. The Hall–Kier alpha value is -2.12. The Labute approximate surface area is 211 Å². The first-order valence-electron chi connectivity index (χ1n) is 13.3. The average Bonchev–Trinajstić information content (AvgIpc) is 3.39. The number of halogens is 1. The molecule has 5 nitrogen and oxygen atoms in total. The van der Waals surface area contributed by atoms with Crippen molar-refractivity contribution in [3.8, 4) is 0 Å². The third kappa shape index (κ3) is 2.71. The van der Waals surface area contributed by atoms with Gasteiger partial charge in [0.25, 0.3) is 0 Å². The van der Waals surface area contributed by atoms with E-state index in [1.807, 2.05) is 37.5 Å². The summed E-state index contributed by atoms with van der Waals surface area (Å²) in [6, 6.07) is 8.35. The molecule has 2 unspecified atom stereocenters. The molecule has 1 aromatic carbocycles. The SMILES string of the molecule is CN(C)[C@H]1C[C@@]23CC[C@]4(O2)C2CC=C(c5ccc6cnccc6c5)[C@@]2(C)CCC4(F)C=C3[C@@H](O)[C@@H]1O. The molecule has 190 valence electrons. The van der Waals surface area contributed by atoms with Crippen molar-refractivity contribution in [1.29, 1.82) is 0 Å². The molecular formula is C30H35FN2O3. The van der Waals surface area contributed by atoms with Crippen molar-refractivity contribution in [2.24, 2.45) is 11.3 Å². The van der Waals surface area contributed by atoms with Crippen LogP contribution in [0.5, 0.6) is 0 Å². The highest BCUT2D eigenvalue weighted by Gasteiger charge is 2.74. The molecule has 3 aliphatic carbocycles. The third-order valence-electron chi connectivity index (χ3n) is 10.6. The molecule has 6 heteroatoms. The highest BCUT2D eigenvalue weighted by Crippen LogP contribution is 2.71. The van der Waals surface area contributed by atoms with Crippen LogP contribution in [0.1, 0.15) is 51.0 Å². The van der Waals surface area contributed by atoms with Crippen molar-refractivity contribution in [3.05, 3.63) is 59.9 Å². The van der Waals surface area contributed by atoms with Crippen molar-refractivity contribution in [1.82, 2.24) is 9.88 Å². The fourth-order valence-corrected chi connectivity index (χ4v) is 8.68. The lowest BCUT2D eigenvalue weighted by molar-refractivity contribution is -0.239. The number of ether oxygens (including phenoxy) is 1. The first-order valence-corrected chi connectivity index (χ1v) is 13.3. The summed E-state index contributed by atoms with van der Waals surface area (Å²) in [7, 11) is 3.84. The molecule has 5 aliphatic rings. The molecule has 8 atom stereocenters. The van der Waals surface area contributed by atoms with Gasteiger partial charge in [0.1, 0.15) is 11.7 Å². The van der Waals surface area contributed by atoms with Crippen LogP contribution in [0.4, 0.5) is 4.39 Å². The van der Waals surface area contributed by atoms with E-state index in [9.17, 15) is 10.2 Å². The number of aliphatic hydroxyl groups is 2. The van der Waals surface area contributed by atoms with Crippen LogP contribution in [-0.2, 0) is 4.74 Å². The second-order valence-corrected chi connectivity index (χ2v) is 12.4. The van der Waals surface area contributed by atoms with Crippen LogP contribution in [0.15, 0.2) is 54.4 Å². The highest BCUT2D eigenvalue weighted by atomic mass is 19.1. The van der Waals surface area contributed by atoms with E-state index in [4.69, 9.17) is 4.74 Å².